The molecule has 0 atom stereocenters. The second-order valence-corrected chi connectivity index (χ2v) is 16.3. The van der Waals surface area contributed by atoms with Crippen molar-refractivity contribution in [3.05, 3.63) is 198 Å². The van der Waals surface area contributed by atoms with Gasteiger partial charge in [-0.05, 0) is 120 Å². The number of hydrogen-bond acceptors (Lipinski definition) is 2. The summed E-state index contributed by atoms with van der Waals surface area (Å²) >= 11 is 1.88. The van der Waals surface area contributed by atoms with Gasteiger partial charge in [0.15, 0.2) is 0 Å². The van der Waals surface area contributed by atoms with E-state index in [0.29, 0.717) is 0 Å². The molecule has 3 heteroatoms. The van der Waals surface area contributed by atoms with Crippen molar-refractivity contribution in [3.8, 4) is 16.8 Å². The molecule has 0 saturated heterocycles. The van der Waals surface area contributed by atoms with E-state index in [0.717, 1.165) is 23.5 Å². The van der Waals surface area contributed by atoms with Gasteiger partial charge in [0, 0.05) is 59.1 Å². The molecule has 266 valence electrons. The van der Waals surface area contributed by atoms with Crippen LogP contribution < -0.4 is 4.90 Å². The van der Waals surface area contributed by atoms with Gasteiger partial charge in [0.05, 0.1) is 11.0 Å². The lowest BCUT2D eigenvalue weighted by atomic mass is 9.81. The molecule has 0 spiro atoms. The van der Waals surface area contributed by atoms with Crippen LogP contribution in [0, 0.1) is 0 Å². The number of aromatic nitrogens is 1. The van der Waals surface area contributed by atoms with E-state index in [1.54, 1.807) is 0 Å². The van der Waals surface area contributed by atoms with Crippen molar-refractivity contribution < 1.29 is 0 Å². The standard InChI is InChI=1S/C52H42N2S/c1-5-16-36(6-2)53(38-21-15-23-41-40-22-13-14-24-45(40)52(3,4)46(41)33-38)39-26-28-47-43(32-39)42-27-30-49-50(51(42)54(47)37-19-11-8-12-20-37)44-31-35(25-29-48(44)55-49)34-17-9-7-10-18-34/h5-22,24-33H,23H2,1-4H3/b16-5-,36-6+. The minimum Gasteiger partial charge on any atom is -0.311 e. The highest BCUT2D eigenvalue weighted by Gasteiger charge is 2.37. The number of para-hydroxylation sites is 1. The van der Waals surface area contributed by atoms with E-state index < -0.39 is 0 Å². The third-order valence-corrected chi connectivity index (χ3v) is 12.8. The van der Waals surface area contributed by atoms with E-state index in [-0.39, 0.29) is 5.41 Å². The quantitative estimate of drug-likeness (QED) is 0.155. The fourth-order valence-electron chi connectivity index (χ4n) is 9.15. The Kier molecular flexibility index (Phi) is 7.90. The molecule has 0 radical (unpaired) electrons. The highest BCUT2D eigenvalue weighted by atomic mass is 32.1. The van der Waals surface area contributed by atoms with Crippen LogP contribution in [0.25, 0.3) is 64.4 Å². The molecule has 2 aromatic heterocycles. The molecular weight excluding hydrogens is 685 g/mol. The van der Waals surface area contributed by atoms with Gasteiger partial charge >= 0.3 is 0 Å². The number of anilines is 1. The van der Waals surface area contributed by atoms with Crippen molar-refractivity contribution in [1.82, 2.24) is 4.57 Å². The number of allylic oxidation sites excluding steroid dienone is 8. The molecule has 2 heterocycles. The summed E-state index contributed by atoms with van der Waals surface area (Å²) in [5.74, 6) is 0. The maximum absolute atomic E-state index is 2.49. The first kappa shape index (κ1) is 33.4. The minimum atomic E-state index is -0.0896. The fourth-order valence-corrected chi connectivity index (χ4v) is 10.2. The van der Waals surface area contributed by atoms with Gasteiger partial charge in [0.1, 0.15) is 0 Å². The van der Waals surface area contributed by atoms with Gasteiger partial charge in [-0.1, -0.05) is 117 Å². The molecule has 0 fully saturated rings. The number of benzene rings is 6. The van der Waals surface area contributed by atoms with Gasteiger partial charge in [0.25, 0.3) is 0 Å². The van der Waals surface area contributed by atoms with Crippen molar-refractivity contribution in [2.45, 2.75) is 39.5 Å². The highest BCUT2D eigenvalue weighted by molar-refractivity contribution is 7.26. The summed E-state index contributed by atoms with van der Waals surface area (Å²) in [6.07, 6.45) is 14.6. The Balaban J connectivity index is 1.23. The van der Waals surface area contributed by atoms with Gasteiger partial charge in [-0.3, -0.25) is 0 Å². The average Bonchev–Trinajstić information content (AvgIpc) is 3.75. The first-order chi connectivity index (χ1) is 27.0. The third kappa shape index (κ3) is 5.21. The molecule has 0 unspecified atom stereocenters. The number of thiophene rings is 1. The minimum absolute atomic E-state index is 0.0896. The number of nitrogens with zero attached hydrogens (tertiary/aromatic N) is 2. The summed E-state index contributed by atoms with van der Waals surface area (Å²) in [5.41, 5.74) is 15.1. The Hall–Kier alpha value is -6.16. The lowest BCUT2D eigenvalue weighted by Crippen LogP contribution is -2.22. The Morgan fingerprint density at radius 1 is 0.727 bits per heavy atom. The van der Waals surface area contributed by atoms with Crippen LogP contribution in [0.15, 0.2) is 187 Å². The lowest BCUT2D eigenvalue weighted by Gasteiger charge is -2.29. The molecule has 10 rings (SSSR count). The van der Waals surface area contributed by atoms with Crippen LogP contribution in [0.4, 0.5) is 5.69 Å². The molecule has 2 nitrogen and oxygen atoms in total. The smallest absolute Gasteiger partial charge is 0.0634 e. The van der Waals surface area contributed by atoms with Crippen LogP contribution >= 0.6 is 11.3 Å². The van der Waals surface area contributed by atoms with Gasteiger partial charge < -0.3 is 9.47 Å². The molecule has 0 bridgehead atoms. The molecule has 0 amide bonds. The van der Waals surface area contributed by atoms with E-state index >= 15 is 0 Å². The van der Waals surface area contributed by atoms with Gasteiger partial charge in [-0.25, -0.2) is 0 Å². The second-order valence-electron chi connectivity index (χ2n) is 15.2. The van der Waals surface area contributed by atoms with Crippen LogP contribution in [0.5, 0.6) is 0 Å². The Morgan fingerprint density at radius 3 is 2.29 bits per heavy atom. The van der Waals surface area contributed by atoms with Crippen molar-refractivity contribution in [3.63, 3.8) is 0 Å². The number of fused-ring (bicyclic) bond motifs is 9. The molecule has 2 aliphatic rings. The van der Waals surface area contributed by atoms with E-state index in [4.69, 9.17) is 0 Å². The van der Waals surface area contributed by atoms with Crippen LogP contribution in [0.1, 0.15) is 45.2 Å². The molecule has 2 aliphatic carbocycles. The Bertz CT molecular complexity index is 2980. The maximum atomic E-state index is 2.49. The summed E-state index contributed by atoms with van der Waals surface area (Å²) in [4.78, 5) is 2.45. The van der Waals surface area contributed by atoms with Gasteiger partial charge in [-0.2, -0.15) is 0 Å². The normalized spacial score (nSPS) is 15.3. The predicted molar refractivity (Wildman–Crippen MR) is 238 cm³/mol. The highest BCUT2D eigenvalue weighted by Crippen LogP contribution is 2.50. The zero-order valence-corrected chi connectivity index (χ0v) is 32.5. The van der Waals surface area contributed by atoms with E-state index in [1.807, 2.05) is 11.3 Å². The van der Waals surface area contributed by atoms with Crippen molar-refractivity contribution in [1.29, 1.82) is 0 Å². The van der Waals surface area contributed by atoms with Gasteiger partial charge in [0.2, 0.25) is 0 Å². The largest absolute Gasteiger partial charge is 0.311 e. The zero-order chi connectivity index (χ0) is 37.3. The fraction of sp³-hybridized carbons (Fsp3) is 0.115. The average molecular weight is 727 g/mol. The van der Waals surface area contributed by atoms with Crippen molar-refractivity contribution >= 4 is 64.6 Å². The van der Waals surface area contributed by atoms with E-state index in [9.17, 15) is 0 Å². The molecular formula is C52H42N2S. The first-order valence-electron chi connectivity index (χ1n) is 19.3. The molecule has 0 saturated carbocycles. The lowest BCUT2D eigenvalue weighted by molar-refractivity contribution is 0.653. The van der Waals surface area contributed by atoms with Crippen LogP contribution in [-0.4, -0.2) is 4.57 Å². The topological polar surface area (TPSA) is 8.17 Å². The molecule has 6 aromatic carbocycles. The molecule has 0 N–H and O–H groups in total. The molecule has 0 aliphatic heterocycles. The third-order valence-electron chi connectivity index (χ3n) is 11.7. The second kappa shape index (κ2) is 13.0. The summed E-state index contributed by atoms with van der Waals surface area (Å²) in [6.45, 7) is 9.00. The Morgan fingerprint density at radius 2 is 1.49 bits per heavy atom. The van der Waals surface area contributed by atoms with E-state index in [1.165, 1.54) is 81.1 Å². The van der Waals surface area contributed by atoms with Crippen LogP contribution in [0.3, 0.4) is 0 Å². The number of hydrogen-bond donors (Lipinski definition) is 0. The summed E-state index contributed by atoms with van der Waals surface area (Å²) < 4.78 is 5.10. The zero-order valence-electron chi connectivity index (χ0n) is 31.7. The van der Waals surface area contributed by atoms with E-state index in [2.05, 4.69) is 207 Å². The monoisotopic (exact) mass is 726 g/mol. The first-order valence-corrected chi connectivity index (χ1v) is 20.1. The summed E-state index contributed by atoms with van der Waals surface area (Å²) in [6, 6.07) is 49.3. The molecule has 8 aromatic rings. The Labute approximate surface area is 327 Å². The summed E-state index contributed by atoms with van der Waals surface area (Å²) in [7, 11) is 0. The predicted octanol–water partition coefficient (Wildman–Crippen LogP) is 14.7. The molecule has 55 heavy (non-hydrogen) atoms. The summed E-state index contributed by atoms with van der Waals surface area (Å²) in [5, 5.41) is 5.11. The number of rotatable bonds is 6. The SMILES string of the molecule is C/C=C\C(=C/C)N(C1=CC2=C(CC=C1)c1ccccc1C2(C)C)c1ccc2c(c1)c1ccc3sc4ccc(-c5ccccc5)cc4c3c1n2-c1ccccc1. The van der Waals surface area contributed by atoms with Crippen molar-refractivity contribution in [2.24, 2.45) is 0 Å². The van der Waals surface area contributed by atoms with Crippen molar-refractivity contribution in [2.75, 3.05) is 4.90 Å². The van der Waals surface area contributed by atoms with Crippen LogP contribution in [0.2, 0.25) is 0 Å². The maximum Gasteiger partial charge on any atom is 0.0634 e. The van der Waals surface area contributed by atoms with Crippen LogP contribution in [-0.2, 0) is 5.41 Å². The van der Waals surface area contributed by atoms with Gasteiger partial charge in [-0.15, -0.1) is 11.3 Å².